The number of benzene rings is 1. The standard InChI is InChI=1S/C16H28N2S/c1-4-10-17-11-9-15-5-7-16(8-6-15)14-18(2)12-13-19-3/h5-8,17H,4,9-14H2,1-3H3. The molecule has 0 aliphatic carbocycles. The zero-order chi connectivity index (χ0) is 13.9. The van der Waals surface area contributed by atoms with Crippen LogP contribution in [0.5, 0.6) is 0 Å². The van der Waals surface area contributed by atoms with Gasteiger partial charge in [-0.25, -0.2) is 0 Å². The fraction of sp³-hybridized carbons (Fsp3) is 0.625. The van der Waals surface area contributed by atoms with Gasteiger partial charge in [0.25, 0.3) is 0 Å². The summed E-state index contributed by atoms with van der Waals surface area (Å²) < 4.78 is 0. The van der Waals surface area contributed by atoms with Crippen molar-refractivity contribution in [3.05, 3.63) is 35.4 Å². The maximum absolute atomic E-state index is 3.44. The molecule has 0 aliphatic rings. The SMILES string of the molecule is CCCNCCc1ccc(CN(C)CCSC)cc1. The molecule has 0 spiro atoms. The fourth-order valence-electron chi connectivity index (χ4n) is 1.98. The van der Waals surface area contributed by atoms with Gasteiger partial charge in [-0.15, -0.1) is 0 Å². The molecule has 0 atom stereocenters. The van der Waals surface area contributed by atoms with Gasteiger partial charge in [0, 0.05) is 18.8 Å². The fourth-order valence-corrected chi connectivity index (χ4v) is 2.48. The van der Waals surface area contributed by atoms with E-state index in [0.717, 1.165) is 32.6 Å². The Morgan fingerprint density at radius 1 is 1.11 bits per heavy atom. The monoisotopic (exact) mass is 280 g/mol. The van der Waals surface area contributed by atoms with E-state index in [1.807, 2.05) is 11.8 Å². The van der Waals surface area contributed by atoms with Gasteiger partial charge >= 0.3 is 0 Å². The first kappa shape index (κ1) is 16.5. The molecule has 1 aromatic rings. The minimum atomic E-state index is 1.05. The average Bonchev–Trinajstić information content (AvgIpc) is 2.43. The van der Waals surface area contributed by atoms with Crippen molar-refractivity contribution in [3.8, 4) is 0 Å². The van der Waals surface area contributed by atoms with Crippen LogP contribution in [0.25, 0.3) is 0 Å². The predicted molar refractivity (Wildman–Crippen MR) is 88.0 cm³/mol. The normalized spacial score (nSPS) is 11.2. The third kappa shape index (κ3) is 7.61. The Bertz CT molecular complexity index is 324. The van der Waals surface area contributed by atoms with E-state index < -0.39 is 0 Å². The summed E-state index contributed by atoms with van der Waals surface area (Å²) in [6, 6.07) is 9.08. The maximum atomic E-state index is 3.44. The predicted octanol–water partition coefficient (Wildman–Crippen LogP) is 3.02. The van der Waals surface area contributed by atoms with Crippen LogP contribution in [0.15, 0.2) is 24.3 Å². The van der Waals surface area contributed by atoms with Gasteiger partial charge in [-0.05, 0) is 50.4 Å². The van der Waals surface area contributed by atoms with Gasteiger partial charge in [-0.1, -0.05) is 31.2 Å². The van der Waals surface area contributed by atoms with Gasteiger partial charge < -0.3 is 10.2 Å². The van der Waals surface area contributed by atoms with Crippen molar-refractivity contribution in [2.45, 2.75) is 26.3 Å². The summed E-state index contributed by atoms with van der Waals surface area (Å²) in [6.07, 6.45) is 4.50. The largest absolute Gasteiger partial charge is 0.316 e. The molecule has 0 saturated carbocycles. The molecule has 0 aromatic heterocycles. The molecule has 0 amide bonds. The molecule has 0 saturated heterocycles. The molecule has 0 fully saturated rings. The Morgan fingerprint density at radius 2 is 1.79 bits per heavy atom. The lowest BCUT2D eigenvalue weighted by Gasteiger charge is -2.16. The molecule has 0 aliphatic heterocycles. The van der Waals surface area contributed by atoms with E-state index in [0.29, 0.717) is 0 Å². The van der Waals surface area contributed by atoms with Crippen molar-refractivity contribution in [1.82, 2.24) is 10.2 Å². The second-order valence-corrected chi connectivity index (χ2v) is 6.03. The van der Waals surface area contributed by atoms with Crippen LogP contribution in [0.1, 0.15) is 24.5 Å². The number of nitrogens with zero attached hydrogens (tertiary/aromatic N) is 1. The van der Waals surface area contributed by atoms with Crippen LogP contribution in [-0.4, -0.2) is 43.6 Å². The van der Waals surface area contributed by atoms with E-state index in [1.54, 1.807) is 0 Å². The van der Waals surface area contributed by atoms with Crippen LogP contribution >= 0.6 is 11.8 Å². The molecule has 0 unspecified atom stereocenters. The van der Waals surface area contributed by atoms with E-state index in [-0.39, 0.29) is 0 Å². The van der Waals surface area contributed by atoms with E-state index >= 15 is 0 Å². The number of nitrogens with one attached hydrogen (secondary N) is 1. The lowest BCUT2D eigenvalue weighted by atomic mass is 10.1. The molecule has 1 N–H and O–H groups in total. The van der Waals surface area contributed by atoms with E-state index in [9.17, 15) is 0 Å². The Morgan fingerprint density at radius 3 is 2.42 bits per heavy atom. The Kier molecular flexibility index (Phi) is 8.97. The van der Waals surface area contributed by atoms with Crippen molar-refractivity contribution in [2.75, 3.05) is 38.7 Å². The first-order chi connectivity index (χ1) is 9.26. The highest BCUT2D eigenvalue weighted by Gasteiger charge is 2.00. The minimum Gasteiger partial charge on any atom is -0.316 e. The highest BCUT2D eigenvalue weighted by Crippen LogP contribution is 2.07. The molecule has 0 radical (unpaired) electrons. The molecule has 0 bridgehead atoms. The Balaban J connectivity index is 2.30. The second kappa shape index (κ2) is 10.3. The zero-order valence-electron chi connectivity index (χ0n) is 12.6. The summed E-state index contributed by atoms with van der Waals surface area (Å²) in [5, 5.41) is 3.44. The summed E-state index contributed by atoms with van der Waals surface area (Å²) in [5.74, 6) is 1.21. The maximum Gasteiger partial charge on any atom is 0.0231 e. The van der Waals surface area contributed by atoms with Gasteiger partial charge in [0.1, 0.15) is 0 Å². The third-order valence-electron chi connectivity index (χ3n) is 3.17. The first-order valence-corrected chi connectivity index (χ1v) is 8.61. The van der Waals surface area contributed by atoms with Crippen molar-refractivity contribution in [1.29, 1.82) is 0 Å². The lowest BCUT2D eigenvalue weighted by molar-refractivity contribution is 0.349. The van der Waals surface area contributed by atoms with Crippen LogP contribution in [0.2, 0.25) is 0 Å². The van der Waals surface area contributed by atoms with Crippen LogP contribution in [-0.2, 0) is 13.0 Å². The molecule has 2 nitrogen and oxygen atoms in total. The highest BCUT2D eigenvalue weighted by atomic mass is 32.2. The van der Waals surface area contributed by atoms with Crippen molar-refractivity contribution >= 4 is 11.8 Å². The summed E-state index contributed by atoms with van der Waals surface area (Å²) in [4.78, 5) is 2.38. The van der Waals surface area contributed by atoms with Gasteiger partial charge in [0.2, 0.25) is 0 Å². The van der Waals surface area contributed by atoms with Crippen LogP contribution in [0.4, 0.5) is 0 Å². The number of rotatable bonds is 10. The molecule has 19 heavy (non-hydrogen) atoms. The molecule has 108 valence electrons. The molecule has 0 heterocycles. The Hall–Kier alpha value is -0.510. The van der Waals surface area contributed by atoms with Crippen molar-refractivity contribution in [2.24, 2.45) is 0 Å². The van der Waals surface area contributed by atoms with Crippen LogP contribution in [0.3, 0.4) is 0 Å². The molecule has 1 rings (SSSR count). The van der Waals surface area contributed by atoms with Gasteiger partial charge in [0.15, 0.2) is 0 Å². The van der Waals surface area contributed by atoms with Gasteiger partial charge in [-0.3, -0.25) is 0 Å². The van der Waals surface area contributed by atoms with Crippen molar-refractivity contribution < 1.29 is 0 Å². The molecular formula is C16H28N2S. The highest BCUT2D eigenvalue weighted by molar-refractivity contribution is 7.98. The van der Waals surface area contributed by atoms with Crippen LogP contribution < -0.4 is 5.32 Å². The number of hydrogen-bond acceptors (Lipinski definition) is 3. The Labute approximate surface area is 123 Å². The van der Waals surface area contributed by atoms with Gasteiger partial charge in [0.05, 0.1) is 0 Å². The topological polar surface area (TPSA) is 15.3 Å². The van der Waals surface area contributed by atoms with Crippen LogP contribution in [0, 0.1) is 0 Å². The second-order valence-electron chi connectivity index (χ2n) is 5.05. The summed E-state index contributed by atoms with van der Waals surface area (Å²) in [5.41, 5.74) is 2.84. The lowest BCUT2D eigenvalue weighted by Crippen LogP contribution is -2.20. The third-order valence-corrected chi connectivity index (χ3v) is 3.76. The number of thioether (sulfide) groups is 1. The smallest absolute Gasteiger partial charge is 0.0231 e. The minimum absolute atomic E-state index is 1.05. The van der Waals surface area contributed by atoms with Gasteiger partial charge in [-0.2, -0.15) is 11.8 Å². The molecular weight excluding hydrogens is 252 g/mol. The van der Waals surface area contributed by atoms with E-state index in [4.69, 9.17) is 0 Å². The summed E-state index contributed by atoms with van der Waals surface area (Å²) >= 11 is 1.91. The summed E-state index contributed by atoms with van der Waals surface area (Å²) in [7, 11) is 2.19. The summed E-state index contributed by atoms with van der Waals surface area (Å²) in [6.45, 7) is 6.62. The average molecular weight is 280 g/mol. The number of hydrogen-bond donors (Lipinski definition) is 1. The van der Waals surface area contributed by atoms with E-state index in [1.165, 1.54) is 23.3 Å². The van der Waals surface area contributed by atoms with Crippen molar-refractivity contribution in [3.63, 3.8) is 0 Å². The first-order valence-electron chi connectivity index (χ1n) is 7.22. The quantitative estimate of drug-likeness (QED) is 0.663. The van der Waals surface area contributed by atoms with E-state index in [2.05, 4.69) is 54.7 Å². The molecule has 3 heteroatoms. The molecule has 1 aromatic carbocycles. The zero-order valence-corrected chi connectivity index (χ0v) is 13.4.